The van der Waals surface area contributed by atoms with Gasteiger partial charge in [-0.2, -0.15) is 0 Å². The van der Waals surface area contributed by atoms with Crippen LogP contribution in [-0.4, -0.2) is 37.5 Å². The first-order valence-electron chi connectivity index (χ1n) is 9.51. The molecule has 150 valence electrons. The van der Waals surface area contributed by atoms with Gasteiger partial charge in [0.05, 0.1) is 5.75 Å². The fourth-order valence-corrected chi connectivity index (χ4v) is 5.75. The summed E-state index contributed by atoms with van der Waals surface area (Å²) in [6.07, 6.45) is 2.96. The predicted molar refractivity (Wildman–Crippen MR) is 98.2 cm³/mol. The lowest BCUT2D eigenvalue weighted by Crippen LogP contribution is -2.56. The van der Waals surface area contributed by atoms with Crippen LogP contribution in [0.5, 0.6) is 0 Å². The summed E-state index contributed by atoms with van der Waals surface area (Å²) in [5, 5.41) is 2.68. The summed E-state index contributed by atoms with van der Waals surface area (Å²) in [5.74, 6) is -1.07. The maximum Gasteiger partial charge on any atom is 0.223 e. The van der Waals surface area contributed by atoms with Crippen molar-refractivity contribution in [3.63, 3.8) is 0 Å². The fourth-order valence-electron chi connectivity index (χ4n) is 4.06. The Kier molecular flexibility index (Phi) is 6.15. The third-order valence-electron chi connectivity index (χ3n) is 5.79. The summed E-state index contributed by atoms with van der Waals surface area (Å²) in [6, 6.07) is 3.14. The molecule has 0 unspecified atom stereocenters. The van der Waals surface area contributed by atoms with Gasteiger partial charge in [0.2, 0.25) is 15.9 Å². The van der Waals surface area contributed by atoms with Crippen molar-refractivity contribution in [3.05, 3.63) is 35.4 Å². The second kappa shape index (κ2) is 8.22. The molecule has 3 atom stereocenters. The van der Waals surface area contributed by atoms with E-state index in [9.17, 15) is 22.0 Å². The highest BCUT2D eigenvalue weighted by molar-refractivity contribution is 7.89. The molecule has 1 aliphatic carbocycles. The van der Waals surface area contributed by atoms with Crippen molar-refractivity contribution in [2.24, 2.45) is 17.8 Å². The zero-order chi connectivity index (χ0) is 19.6. The molecule has 1 N–H and O–H groups in total. The van der Waals surface area contributed by atoms with Crippen LogP contribution in [0.1, 0.15) is 38.2 Å². The van der Waals surface area contributed by atoms with Crippen molar-refractivity contribution in [1.82, 2.24) is 9.62 Å². The minimum Gasteiger partial charge on any atom is -0.352 e. The van der Waals surface area contributed by atoms with Crippen molar-refractivity contribution in [2.75, 3.05) is 18.8 Å². The number of sulfonamides is 1. The molecule has 1 saturated carbocycles. The Balaban J connectivity index is 1.57. The molecule has 1 amide bonds. The van der Waals surface area contributed by atoms with Gasteiger partial charge in [0.15, 0.2) is 0 Å². The SMILES string of the molecule is CCCCS(=O)(=O)N1CC[C@@H]2C[C@@H](C(=O)NCc3cc(F)ccc3F)[C@@H]2C1. The van der Waals surface area contributed by atoms with Crippen molar-refractivity contribution >= 4 is 15.9 Å². The van der Waals surface area contributed by atoms with Gasteiger partial charge in [0.1, 0.15) is 11.6 Å². The third-order valence-corrected chi connectivity index (χ3v) is 7.71. The highest BCUT2D eigenvalue weighted by atomic mass is 32.2. The molecule has 3 rings (SSSR count). The molecule has 2 fully saturated rings. The summed E-state index contributed by atoms with van der Waals surface area (Å²) in [6.45, 7) is 2.78. The number of hydrogen-bond acceptors (Lipinski definition) is 3. The Morgan fingerprint density at radius 2 is 2.11 bits per heavy atom. The van der Waals surface area contributed by atoms with E-state index < -0.39 is 21.7 Å². The number of piperidine rings is 1. The van der Waals surface area contributed by atoms with Crippen LogP contribution in [0.15, 0.2) is 18.2 Å². The lowest BCUT2D eigenvalue weighted by molar-refractivity contribution is -0.135. The summed E-state index contributed by atoms with van der Waals surface area (Å²) >= 11 is 0. The second-order valence-electron chi connectivity index (χ2n) is 7.54. The van der Waals surface area contributed by atoms with Crippen LogP contribution in [0, 0.1) is 29.4 Å². The monoisotopic (exact) mass is 400 g/mol. The molecule has 1 aromatic rings. The number of unbranched alkanes of at least 4 members (excludes halogenated alkanes) is 1. The standard InChI is InChI=1S/C19H26F2N2O3S/c1-2-3-8-27(25,26)23-7-6-13-10-16(17(13)12-23)19(24)22-11-14-9-15(20)4-5-18(14)21/h4-5,9,13,16-17H,2-3,6-8,10-12H2,1H3,(H,22,24)/t13-,16-,17-/m1/s1. The van der Waals surface area contributed by atoms with Crippen LogP contribution in [0.3, 0.4) is 0 Å². The molecule has 2 aliphatic rings. The topological polar surface area (TPSA) is 66.5 Å². The lowest BCUT2D eigenvalue weighted by atomic mass is 9.61. The molecule has 0 aromatic heterocycles. The fraction of sp³-hybridized carbons (Fsp3) is 0.632. The predicted octanol–water partition coefficient (Wildman–Crippen LogP) is 2.67. The number of hydrogen-bond donors (Lipinski definition) is 1. The van der Waals surface area contributed by atoms with E-state index in [4.69, 9.17) is 0 Å². The number of nitrogens with zero attached hydrogens (tertiary/aromatic N) is 1. The first-order valence-corrected chi connectivity index (χ1v) is 11.1. The number of nitrogens with one attached hydrogen (secondary N) is 1. The van der Waals surface area contributed by atoms with Crippen molar-refractivity contribution < 1.29 is 22.0 Å². The molecule has 1 saturated heterocycles. The van der Waals surface area contributed by atoms with E-state index in [1.807, 2.05) is 6.92 Å². The van der Waals surface area contributed by atoms with Gasteiger partial charge in [-0.15, -0.1) is 0 Å². The Labute approximate surface area is 159 Å². The number of carbonyl (C=O) groups excluding carboxylic acids is 1. The number of halogens is 2. The third kappa shape index (κ3) is 4.48. The van der Waals surface area contributed by atoms with Crippen LogP contribution in [-0.2, 0) is 21.4 Å². The summed E-state index contributed by atoms with van der Waals surface area (Å²) in [4.78, 5) is 12.5. The van der Waals surface area contributed by atoms with Crippen LogP contribution < -0.4 is 5.32 Å². The number of fused-ring (bicyclic) bond motifs is 1. The van der Waals surface area contributed by atoms with Crippen LogP contribution in [0.25, 0.3) is 0 Å². The Hall–Kier alpha value is -1.54. The van der Waals surface area contributed by atoms with Crippen molar-refractivity contribution in [1.29, 1.82) is 0 Å². The Bertz CT molecular complexity index is 800. The highest BCUT2D eigenvalue weighted by Crippen LogP contribution is 2.46. The molecule has 1 aliphatic heterocycles. The van der Waals surface area contributed by atoms with E-state index in [1.165, 1.54) is 4.31 Å². The first-order chi connectivity index (χ1) is 12.8. The number of amides is 1. The minimum absolute atomic E-state index is 0.00695. The first kappa shape index (κ1) is 20.2. The van der Waals surface area contributed by atoms with Gasteiger partial charge < -0.3 is 5.32 Å². The molecule has 8 heteroatoms. The van der Waals surface area contributed by atoms with Gasteiger partial charge in [0.25, 0.3) is 0 Å². The quantitative estimate of drug-likeness (QED) is 0.765. The lowest BCUT2D eigenvalue weighted by Gasteiger charge is -2.49. The van der Waals surface area contributed by atoms with E-state index >= 15 is 0 Å². The van der Waals surface area contributed by atoms with Crippen LogP contribution >= 0.6 is 0 Å². The summed E-state index contributed by atoms with van der Waals surface area (Å²) in [5.41, 5.74) is 0.103. The Morgan fingerprint density at radius 1 is 1.33 bits per heavy atom. The molecule has 0 spiro atoms. The summed E-state index contributed by atoms with van der Waals surface area (Å²) < 4.78 is 53.3. The van der Waals surface area contributed by atoms with Gasteiger partial charge in [-0.1, -0.05) is 13.3 Å². The zero-order valence-electron chi connectivity index (χ0n) is 15.5. The molecule has 0 bridgehead atoms. The van der Waals surface area contributed by atoms with Crippen LogP contribution in [0.2, 0.25) is 0 Å². The smallest absolute Gasteiger partial charge is 0.223 e. The normalized spacial score (nSPS) is 25.5. The molecule has 5 nitrogen and oxygen atoms in total. The Morgan fingerprint density at radius 3 is 2.85 bits per heavy atom. The van der Waals surface area contributed by atoms with Crippen molar-refractivity contribution in [3.8, 4) is 0 Å². The average molecular weight is 400 g/mol. The maximum absolute atomic E-state index is 13.7. The molecular weight excluding hydrogens is 374 g/mol. The van der Waals surface area contributed by atoms with Gasteiger partial charge in [-0.25, -0.2) is 21.5 Å². The van der Waals surface area contributed by atoms with E-state index in [0.717, 1.165) is 37.5 Å². The van der Waals surface area contributed by atoms with Crippen LogP contribution in [0.4, 0.5) is 8.78 Å². The molecule has 1 aromatic carbocycles. The minimum atomic E-state index is -3.27. The van der Waals surface area contributed by atoms with Gasteiger partial charge >= 0.3 is 0 Å². The molecule has 27 heavy (non-hydrogen) atoms. The van der Waals surface area contributed by atoms with Gasteiger partial charge in [-0.05, 0) is 49.3 Å². The van der Waals surface area contributed by atoms with E-state index in [-0.39, 0.29) is 35.6 Å². The largest absolute Gasteiger partial charge is 0.352 e. The maximum atomic E-state index is 13.7. The van der Waals surface area contributed by atoms with E-state index in [1.54, 1.807) is 0 Å². The highest BCUT2D eigenvalue weighted by Gasteiger charge is 2.49. The summed E-state index contributed by atoms with van der Waals surface area (Å²) in [7, 11) is -3.27. The number of carbonyl (C=O) groups is 1. The second-order valence-corrected chi connectivity index (χ2v) is 9.62. The van der Waals surface area contributed by atoms with E-state index in [2.05, 4.69) is 5.32 Å². The average Bonchev–Trinajstić information content (AvgIpc) is 2.61. The number of benzene rings is 1. The number of rotatable bonds is 7. The van der Waals surface area contributed by atoms with Gasteiger partial charge in [-0.3, -0.25) is 4.79 Å². The molecule has 1 heterocycles. The van der Waals surface area contributed by atoms with E-state index in [0.29, 0.717) is 25.4 Å². The molecule has 0 radical (unpaired) electrons. The van der Waals surface area contributed by atoms with Gasteiger partial charge in [0, 0.05) is 31.1 Å². The zero-order valence-corrected chi connectivity index (χ0v) is 16.3. The van der Waals surface area contributed by atoms with Crippen molar-refractivity contribution in [2.45, 2.75) is 39.2 Å². The molecular formula is C19H26F2N2O3S.